The number of nitrogens with one attached hydrogen (secondary N) is 3. The zero-order chi connectivity index (χ0) is 37.8. The van der Waals surface area contributed by atoms with Crippen molar-refractivity contribution < 1.29 is 24.6 Å². The topological polar surface area (TPSA) is 207 Å². The summed E-state index contributed by atoms with van der Waals surface area (Å²) in [4.78, 5) is 43.3. The number of carbonyl (C=O) groups is 3. The van der Waals surface area contributed by atoms with Crippen LogP contribution in [0.2, 0.25) is 0 Å². The molecule has 0 bridgehead atoms. The van der Waals surface area contributed by atoms with Crippen LogP contribution in [0.4, 0.5) is 11.4 Å². The van der Waals surface area contributed by atoms with E-state index < -0.39 is 11.8 Å². The molecule has 3 aromatic rings. The van der Waals surface area contributed by atoms with Gasteiger partial charge in [-0.15, -0.1) is 0 Å². The molecule has 2 aliphatic heterocycles. The minimum Gasteiger partial charge on any atom is -0.393 e. The molecule has 9 N–H and O–H groups in total. The molecule has 4 aliphatic rings. The number of carbonyl (C=O) groups excluding carboxylic acids is 3. The first-order chi connectivity index (χ1) is 25.3. The summed E-state index contributed by atoms with van der Waals surface area (Å²) in [5, 5.41) is 36.4. The Labute approximate surface area is 308 Å². The highest BCUT2D eigenvalue weighted by Crippen LogP contribution is 2.50. The first kappa shape index (κ1) is 36.0. The molecule has 1 saturated heterocycles. The molecule has 2 aliphatic carbocycles. The molecule has 15 heteroatoms. The number of aliphatic hydroxyl groups is 2. The summed E-state index contributed by atoms with van der Waals surface area (Å²) < 4.78 is 1.99. The monoisotopic (exact) mass is 724 g/mol. The van der Waals surface area contributed by atoms with Crippen LogP contribution in [0.5, 0.6) is 0 Å². The van der Waals surface area contributed by atoms with Gasteiger partial charge >= 0.3 is 0 Å². The molecule has 1 aromatic heterocycles. The average Bonchev–Trinajstić information content (AvgIpc) is 4.05. The molecule has 3 fully saturated rings. The number of allylic oxidation sites excluding steroid dienone is 1. The van der Waals surface area contributed by atoms with E-state index in [0.717, 1.165) is 54.6 Å². The van der Waals surface area contributed by atoms with Crippen LogP contribution in [0.3, 0.4) is 0 Å². The van der Waals surface area contributed by atoms with Gasteiger partial charge in [-0.25, -0.2) is 4.90 Å². The number of para-hydroxylation sites is 1. The van der Waals surface area contributed by atoms with E-state index in [-0.39, 0.29) is 58.6 Å². The highest BCUT2D eigenvalue weighted by atomic mass is 16.5. The van der Waals surface area contributed by atoms with Gasteiger partial charge in [0, 0.05) is 74.5 Å². The van der Waals surface area contributed by atoms with Crippen LogP contribution in [0.25, 0.3) is 11.1 Å². The molecular formula is C38H48N10O5. The van der Waals surface area contributed by atoms with Gasteiger partial charge in [-0.05, 0) is 50.3 Å². The van der Waals surface area contributed by atoms with Crippen LogP contribution in [0, 0.1) is 5.92 Å². The smallest absolute Gasteiger partial charge is 0.269 e. The molecule has 280 valence electrons. The lowest BCUT2D eigenvalue weighted by molar-refractivity contribution is -0.300. The number of aromatic nitrogens is 2. The van der Waals surface area contributed by atoms with Gasteiger partial charge in [-0.2, -0.15) is 5.10 Å². The minimum absolute atomic E-state index is 0.0495. The zero-order valence-corrected chi connectivity index (χ0v) is 30.5. The summed E-state index contributed by atoms with van der Waals surface area (Å²) in [7, 11) is 5.30. The van der Waals surface area contributed by atoms with Gasteiger partial charge in [0.1, 0.15) is 11.5 Å². The van der Waals surface area contributed by atoms with Gasteiger partial charge in [0.2, 0.25) is 5.91 Å². The third-order valence-electron chi connectivity index (χ3n) is 10.5. The first-order valence-electron chi connectivity index (χ1n) is 18.1. The highest BCUT2D eigenvalue weighted by Gasteiger charge is 2.46. The Morgan fingerprint density at radius 2 is 1.75 bits per heavy atom. The van der Waals surface area contributed by atoms with Gasteiger partial charge < -0.3 is 47.4 Å². The largest absolute Gasteiger partial charge is 0.393 e. The summed E-state index contributed by atoms with van der Waals surface area (Å²) in [5.74, 6) is -3.05. The van der Waals surface area contributed by atoms with Crippen molar-refractivity contribution in [2.24, 2.45) is 17.4 Å². The number of anilines is 2. The maximum Gasteiger partial charge on any atom is 0.269 e. The lowest BCUT2D eigenvalue weighted by Crippen LogP contribution is -2.59. The van der Waals surface area contributed by atoms with Crippen molar-refractivity contribution in [3.05, 3.63) is 88.8 Å². The van der Waals surface area contributed by atoms with Crippen molar-refractivity contribution in [2.75, 3.05) is 44.4 Å². The fourth-order valence-corrected chi connectivity index (χ4v) is 7.14. The Hall–Kier alpha value is -5.38. The number of nitrogens with zero attached hydrogens (tertiary/aromatic N) is 5. The quantitative estimate of drug-likeness (QED) is 0.0817. The molecule has 15 nitrogen and oxygen atoms in total. The van der Waals surface area contributed by atoms with E-state index in [0.29, 0.717) is 24.3 Å². The maximum absolute atomic E-state index is 13.1. The maximum atomic E-state index is 13.1. The highest BCUT2D eigenvalue weighted by molar-refractivity contribution is 5.97. The lowest BCUT2D eigenvalue weighted by Gasteiger charge is -2.47. The Kier molecular flexibility index (Phi) is 9.42. The number of hydrogen-bond donors (Lipinski definition) is 7. The summed E-state index contributed by atoms with van der Waals surface area (Å²) in [6.45, 7) is 2.74. The van der Waals surface area contributed by atoms with Crippen LogP contribution >= 0.6 is 0 Å². The normalized spacial score (nSPS) is 19.4. The second-order valence-electron chi connectivity index (χ2n) is 14.7. The SMILES string of the molecule is CCC1c2c(cnn2C2CN(C(O)(O)c3cccc(C(=O)N(C)C)c3)C2)-c2cccc(NC(/C=C(\N)NC(=O)C3CC3)=C(/N)C(=O)NC3CC3)c2N1C. The summed E-state index contributed by atoms with van der Waals surface area (Å²) in [5.41, 5.74) is 17.9. The van der Waals surface area contributed by atoms with Crippen molar-refractivity contribution in [1.29, 1.82) is 0 Å². The third-order valence-corrected chi connectivity index (χ3v) is 10.5. The molecule has 0 radical (unpaired) electrons. The standard InChI is InChI=1S/C38H48N10O5/c1-5-30-34-27(18-41-48(34)25-19-47(20-25)38(52,53)23-9-6-8-22(16-23)37(51)45(2)3)26-10-7-11-28(33(26)46(30)4)43-29(32(40)36(50)42-24-14-15-24)17-31(39)44-35(49)21-12-13-21/h6-11,16-18,21,24-25,30,43,52-53H,5,12-15,19-20,39-40H2,1-4H3,(H,42,50)(H,44,49)/b31-17+,32-29+. The number of benzene rings is 2. The van der Waals surface area contributed by atoms with Gasteiger partial charge in [0.25, 0.3) is 17.7 Å². The van der Waals surface area contributed by atoms with Crippen molar-refractivity contribution in [2.45, 2.75) is 63.1 Å². The molecule has 1 atom stereocenters. The second-order valence-corrected chi connectivity index (χ2v) is 14.7. The van der Waals surface area contributed by atoms with E-state index in [1.165, 1.54) is 17.0 Å². The molecule has 1 unspecified atom stereocenters. The molecular weight excluding hydrogens is 676 g/mol. The van der Waals surface area contributed by atoms with E-state index >= 15 is 0 Å². The molecule has 53 heavy (non-hydrogen) atoms. The predicted molar refractivity (Wildman–Crippen MR) is 199 cm³/mol. The van der Waals surface area contributed by atoms with Crippen molar-refractivity contribution >= 4 is 29.1 Å². The summed E-state index contributed by atoms with van der Waals surface area (Å²) >= 11 is 0. The number of nitrogens with two attached hydrogens (primary N) is 2. The molecule has 3 amide bonds. The first-order valence-corrected chi connectivity index (χ1v) is 18.1. The van der Waals surface area contributed by atoms with Crippen LogP contribution in [-0.4, -0.2) is 87.8 Å². The minimum atomic E-state index is -2.28. The van der Waals surface area contributed by atoms with E-state index in [1.807, 2.05) is 36.1 Å². The molecule has 2 aromatic carbocycles. The zero-order valence-electron chi connectivity index (χ0n) is 30.5. The van der Waals surface area contributed by atoms with Crippen LogP contribution < -0.4 is 32.3 Å². The molecule has 3 heterocycles. The second kappa shape index (κ2) is 13.9. The van der Waals surface area contributed by atoms with Crippen LogP contribution in [-0.2, 0) is 15.5 Å². The van der Waals surface area contributed by atoms with Gasteiger partial charge in [0.15, 0.2) is 0 Å². The average molecular weight is 725 g/mol. The molecule has 0 spiro atoms. The molecule has 2 saturated carbocycles. The third kappa shape index (κ3) is 6.94. The molecule has 7 rings (SSSR count). The number of likely N-dealkylation sites (tertiary alicyclic amines) is 1. The number of rotatable bonds is 12. The van der Waals surface area contributed by atoms with E-state index in [4.69, 9.17) is 16.6 Å². The van der Waals surface area contributed by atoms with E-state index in [2.05, 4.69) is 27.8 Å². The fraction of sp³-hybridized carbons (Fsp3) is 0.421. The number of fused-ring (bicyclic) bond motifs is 3. The summed E-state index contributed by atoms with van der Waals surface area (Å²) in [6.07, 6.45) is 7.52. The van der Waals surface area contributed by atoms with Crippen molar-refractivity contribution in [3.63, 3.8) is 0 Å². The Morgan fingerprint density at radius 3 is 2.42 bits per heavy atom. The van der Waals surface area contributed by atoms with Gasteiger partial charge in [0.05, 0.1) is 41.0 Å². The summed E-state index contributed by atoms with van der Waals surface area (Å²) in [6, 6.07) is 12.1. The van der Waals surface area contributed by atoms with Gasteiger partial charge in [-0.3, -0.25) is 19.1 Å². The fourth-order valence-electron chi connectivity index (χ4n) is 7.14. The van der Waals surface area contributed by atoms with Gasteiger partial charge in [-0.1, -0.05) is 31.2 Å². The van der Waals surface area contributed by atoms with E-state index in [1.54, 1.807) is 37.2 Å². The predicted octanol–water partition coefficient (Wildman–Crippen LogP) is 1.99. The van der Waals surface area contributed by atoms with Crippen LogP contribution in [0.15, 0.2) is 72.0 Å². The van der Waals surface area contributed by atoms with E-state index in [9.17, 15) is 24.6 Å². The van der Waals surface area contributed by atoms with Crippen molar-refractivity contribution in [3.8, 4) is 11.1 Å². The Balaban J connectivity index is 1.17. The van der Waals surface area contributed by atoms with Crippen molar-refractivity contribution in [1.82, 2.24) is 30.2 Å². The number of amides is 3. The number of hydrogen-bond acceptors (Lipinski definition) is 11. The lowest BCUT2D eigenvalue weighted by atomic mass is 9.91. The van der Waals surface area contributed by atoms with Crippen LogP contribution in [0.1, 0.15) is 72.7 Å². The Morgan fingerprint density at radius 1 is 1.04 bits per heavy atom. The Bertz CT molecular complexity index is 2000.